The molecular weight excluding hydrogens is 397 g/mol. The van der Waals surface area contributed by atoms with E-state index in [2.05, 4.69) is 27.9 Å². The monoisotopic (exact) mass is 413 g/mol. The number of thiophene rings is 1. The van der Waals surface area contributed by atoms with Crippen LogP contribution in [0.25, 0.3) is 0 Å². The largest absolute Gasteiger partial charge is 0.326 e. The smallest absolute Gasteiger partial charge is 0.224 e. The lowest BCUT2D eigenvalue weighted by atomic mass is 10.1. The van der Waals surface area contributed by atoms with Gasteiger partial charge in [0.1, 0.15) is 0 Å². The molecule has 0 saturated heterocycles. The van der Waals surface area contributed by atoms with E-state index in [9.17, 15) is 9.59 Å². The first-order valence-corrected chi connectivity index (χ1v) is 8.51. The second-order valence-electron chi connectivity index (χ2n) is 4.81. The van der Waals surface area contributed by atoms with Crippen molar-refractivity contribution < 1.29 is 9.59 Å². The number of aryl methyl sites for hydroxylation is 2. The molecule has 1 N–H and O–H groups in total. The predicted molar refractivity (Wildman–Crippen MR) is 95.1 cm³/mol. The zero-order chi connectivity index (χ0) is 15.4. The Kier molecular flexibility index (Phi) is 5.52. The number of hydrogen-bond acceptors (Lipinski definition) is 3. The summed E-state index contributed by atoms with van der Waals surface area (Å²) < 4.78 is 1.06. The first kappa shape index (κ1) is 16.2. The number of nitrogens with one attached hydrogen (secondary N) is 1. The van der Waals surface area contributed by atoms with Gasteiger partial charge in [-0.15, -0.1) is 11.3 Å². The van der Waals surface area contributed by atoms with Gasteiger partial charge in [-0.1, -0.05) is 6.07 Å². The van der Waals surface area contributed by atoms with E-state index >= 15 is 0 Å². The molecule has 21 heavy (non-hydrogen) atoms. The highest BCUT2D eigenvalue weighted by atomic mass is 127. The number of Topliss-reactive ketones (excluding diaryl/α,β-unsaturated/α-hetero) is 1. The number of ketones is 1. The normalized spacial score (nSPS) is 10.4. The van der Waals surface area contributed by atoms with Crippen molar-refractivity contribution >= 4 is 51.3 Å². The van der Waals surface area contributed by atoms with Crippen LogP contribution >= 0.6 is 33.9 Å². The second-order valence-corrected chi connectivity index (χ2v) is 7.51. The summed E-state index contributed by atoms with van der Waals surface area (Å²) in [5.41, 5.74) is 1.52. The van der Waals surface area contributed by atoms with Crippen molar-refractivity contribution in [3.8, 4) is 0 Å². The minimum Gasteiger partial charge on any atom is -0.326 e. The van der Waals surface area contributed by atoms with Crippen LogP contribution in [0.15, 0.2) is 30.3 Å². The third-order valence-corrected chi connectivity index (χ3v) is 4.67. The second kappa shape index (κ2) is 7.17. The number of halogens is 1. The lowest BCUT2D eigenvalue weighted by Gasteiger charge is -2.05. The standard InChI is InChI=1S/C16H16INO2S/c1-10-8-14(11(2)21-10)15(19)6-7-16(20)18-13-5-3-4-12(17)9-13/h3-5,8-9H,6-7H2,1-2H3,(H,18,20). The van der Waals surface area contributed by atoms with E-state index in [4.69, 9.17) is 0 Å². The topological polar surface area (TPSA) is 46.2 Å². The maximum atomic E-state index is 12.1. The van der Waals surface area contributed by atoms with Gasteiger partial charge in [-0.2, -0.15) is 0 Å². The minimum absolute atomic E-state index is 0.0367. The van der Waals surface area contributed by atoms with E-state index in [0.29, 0.717) is 0 Å². The Balaban J connectivity index is 1.89. The Bertz CT molecular complexity index is 679. The molecule has 0 aliphatic rings. The first-order chi connectivity index (χ1) is 9.95. The van der Waals surface area contributed by atoms with Crippen LogP contribution in [0.4, 0.5) is 5.69 Å². The van der Waals surface area contributed by atoms with Crippen molar-refractivity contribution in [2.45, 2.75) is 26.7 Å². The molecular formula is C16H16INO2S. The predicted octanol–water partition coefficient (Wildman–Crippen LogP) is 4.57. The van der Waals surface area contributed by atoms with Gasteiger partial charge in [-0.25, -0.2) is 0 Å². The summed E-state index contributed by atoms with van der Waals surface area (Å²) in [5.74, 6) is -0.0930. The van der Waals surface area contributed by atoms with Gasteiger partial charge < -0.3 is 5.32 Å². The van der Waals surface area contributed by atoms with Crippen molar-refractivity contribution in [3.63, 3.8) is 0 Å². The molecule has 0 aliphatic carbocycles. The number of carbonyl (C=O) groups is 2. The Morgan fingerprint density at radius 2 is 1.95 bits per heavy atom. The first-order valence-electron chi connectivity index (χ1n) is 6.61. The fourth-order valence-corrected chi connectivity index (χ4v) is 3.54. The Labute approximate surface area is 141 Å². The molecule has 1 heterocycles. The van der Waals surface area contributed by atoms with Gasteiger partial charge in [0.05, 0.1) is 0 Å². The highest BCUT2D eigenvalue weighted by Crippen LogP contribution is 2.22. The molecule has 3 nitrogen and oxygen atoms in total. The highest BCUT2D eigenvalue weighted by molar-refractivity contribution is 14.1. The highest BCUT2D eigenvalue weighted by Gasteiger charge is 2.13. The van der Waals surface area contributed by atoms with Crippen molar-refractivity contribution in [3.05, 3.63) is 49.2 Å². The summed E-state index contributed by atoms with van der Waals surface area (Å²) in [7, 11) is 0. The molecule has 0 atom stereocenters. The van der Waals surface area contributed by atoms with Gasteiger partial charge in [0, 0.05) is 37.4 Å². The zero-order valence-corrected chi connectivity index (χ0v) is 14.9. The summed E-state index contributed by atoms with van der Waals surface area (Å²) in [6.07, 6.45) is 0.450. The molecule has 0 saturated carbocycles. The van der Waals surface area contributed by atoms with E-state index in [-0.39, 0.29) is 24.5 Å². The van der Waals surface area contributed by atoms with E-state index in [1.807, 2.05) is 44.2 Å². The molecule has 2 aromatic rings. The van der Waals surface area contributed by atoms with Gasteiger partial charge in [0.15, 0.2) is 5.78 Å². The van der Waals surface area contributed by atoms with Crippen molar-refractivity contribution in [1.29, 1.82) is 0 Å². The summed E-state index contributed by atoms with van der Waals surface area (Å²) in [5, 5.41) is 2.82. The molecule has 0 unspecified atom stereocenters. The summed E-state index contributed by atoms with van der Waals surface area (Å²) >= 11 is 3.81. The molecule has 0 radical (unpaired) electrons. The Morgan fingerprint density at radius 3 is 2.57 bits per heavy atom. The van der Waals surface area contributed by atoms with Crippen molar-refractivity contribution in [1.82, 2.24) is 0 Å². The Hall–Kier alpha value is -1.21. The van der Waals surface area contributed by atoms with Crippen LogP contribution in [0.2, 0.25) is 0 Å². The molecule has 5 heteroatoms. The molecule has 1 amide bonds. The summed E-state index contributed by atoms with van der Waals surface area (Å²) in [6, 6.07) is 9.49. The van der Waals surface area contributed by atoms with Crippen LogP contribution in [0, 0.1) is 17.4 Å². The average Bonchev–Trinajstić information content (AvgIpc) is 2.75. The lowest BCUT2D eigenvalue weighted by molar-refractivity contribution is -0.116. The third kappa shape index (κ3) is 4.64. The number of hydrogen-bond donors (Lipinski definition) is 1. The van der Waals surface area contributed by atoms with Crippen LogP contribution in [0.3, 0.4) is 0 Å². The number of anilines is 1. The van der Waals surface area contributed by atoms with Gasteiger partial charge in [-0.3, -0.25) is 9.59 Å². The molecule has 1 aromatic carbocycles. The minimum atomic E-state index is -0.130. The van der Waals surface area contributed by atoms with Crippen molar-refractivity contribution in [2.24, 2.45) is 0 Å². The van der Waals surface area contributed by atoms with Crippen LogP contribution in [-0.2, 0) is 4.79 Å². The van der Waals surface area contributed by atoms with Gasteiger partial charge in [0.2, 0.25) is 5.91 Å². The van der Waals surface area contributed by atoms with Gasteiger partial charge in [-0.05, 0) is 60.7 Å². The van der Waals surface area contributed by atoms with Crippen molar-refractivity contribution in [2.75, 3.05) is 5.32 Å². The molecule has 2 rings (SSSR count). The molecule has 1 aromatic heterocycles. The van der Waals surface area contributed by atoms with Crippen LogP contribution in [0.5, 0.6) is 0 Å². The molecule has 0 bridgehead atoms. The fourth-order valence-electron chi connectivity index (χ4n) is 2.06. The fraction of sp³-hybridized carbons (Fsp3) is 0.250. The SMILES string of the molecule is Cc1cc(C(=O)CCC(=O)Nc2cccc(I)c2)c(C)s1. The molecule has 0 fully saturated rings. The maximum Gasteiger partial charge on any atom is 0.224 e. The number of amides is 1. The zero-order valence-electron chi connectivity index (χ0n) is 11.9. The Morgan fingerprint density at radius 1 is 1.19 bits per heavy atom. The maximum absolute atomic E-state index is 12.1. The number of benzene rings is 1. The average molecular weight is 413 g/mol. The molecule has 0 spiro atoms. The van der Waals surface area contributed by atoms with E-state index in [1.54, 1.807) is 11.3 Å². The van der Waals surface area contributed by atoms with Crippen LogP contribution in [-0.4, -0.2) is 11.7 Å². The van der Waals surface area contributed by atoms with Crippen LogP contribution < -0.4 is 5.32 Å². The molecule has 110 valence electrons. The van der Waals surface area contributed by atoms with E-state index in [1.165, 1.54) is 0 Å². The third-order valence-electron chi connectivity index (χ3n) is 3.03. The van der Waals surface area contributed by atoms with Gasteiger partial charge >= 0.3 is 0 Å². The quantitative estimate of drug-likeness (QED) is 0.577. The lowest BCUT2D eigenvalue weighted by Crippen LogP contribution is -2.13. The molecule has 0 aliphatic heterocycles. The van der Waals surface area contributed by atoms with E-state index < -0.39 is 0 Å². The number of rotatable bonds is 5. The van der Waals surface area contributed by atoms with Crippen LogP contribution in [0.1, 0.15) is 33.0 Å². The number of carbonyl (C=O) groups excluding carboxylic acids is 2. The van der Waals surface area contributed by atoms with E-state index in [0.717, 1.165) is 24.6 Å². The van der Waals surface area contributed by atoms with Gasteiger partial charge in [0.25, 0.3) is 0 Å². The summed E-state index contributed by atoms with van der Waals surface area (Å²) in [4.78, 5) is 26.1. The summed E-state index contributed by atoms with van der Waals surface area (Å²) in [6.45, 7) is 3.93.